The summed E-state index contributed by atoms with van der Waals surface area (Å²) in [4.78, 5) is 25.0. The van der Waals surface area contributed by atoms with E-state index in [1.807, 2.05) is 0 Å². The van der Waals surface area contributed by atoms with E-state index >= 15 is 0 Å². The Morgan fingerprint density at radius 2 is 1.65 bits per heavy atom. The van der Waals surface area contributed by atoms with Gasteiger partial charge < -0.3 is 10.1 Å². The first kappa shape index (κ1) is 23.7. The van der Waals surface area contributed by atoms with Crippen LogP contribution in [0.2, 0.25) is 0 Å². The molecule has 0 aromatic heterocycles. The second-order valence-corrected chi connectivity index (χ2v) is 11.0. The number of hydrogen-bond donors (Lipinski definition) is 1. The Kier molecular flexibility index (Phi) is 7.75. The zero-order valence-corrected chi connectivity index (χ0v) is 19.5. The second-order valence-electron chi connectivity index (χ2n) is 9.04. The standard InChI is InChI=1S/C23H34N2O5S/c1-16-12-14-25(15-13-16)31(28,29)20-10-8-19(9-11-20)23(27)30-18(3)22(26)24-21-7-5-4-6-17(21)2/h8-11,16-18,21H,4-7,12-15H2,1-3H3,(H,24,26)/t17-,18-,21-/m1/s1. The van der Waals surface area contributed by atoms with Crippen LogP contribution in [0, 0.1) is 11.8 Å². The van der Waals surface area contributed by atoms with Gasteiger partial charge in [-0.3, -0.25) is 4.79 Å². The highest BCUT2D eigenvalue weighted by Gasteiger charge is 2.29. The van der Waals surface area contributed by atoms with Crippen molar-refractivity contribution in [1.29, 1.82) is 0 Å². The maximum absolute atomic E-state index is 12.8. The molecule has 31 heavy (non-hydrogen) atoms. The first-order chi connectivity index (χ1) is 14.7. The average molecular weight is 451 g/mol. The van der Waals surface area contributed by atoms with Gasteiger partial charge in [0, 0.05) is 19.1 Å². The molecule has 0 radical (unpaired) electrons. The smallest absolute Gasteiger partial charge is 0.338 e. The maximum atomic E-state index is 12.8. The zero-order valence-electron chi connectivity index (χ0n) is 18.7. The van der Waals surface area contributed by atoms with E-state index in [-0.39, 0.29) is 22.4 Å². The van der Waals surface area contributed by atoms with Crippen molar-refractivity contribution in [2.75, 3.05) is 13.1 Å². The summed E-state index contributed by atoms with van der Waals surface area (Å²) in [5, 5.41) is 2.99. The molecule has 3 atom stereocenters. The third kappa shape index (κ3) is 5.86. The lowest BCUT2D eigenvalue weighted by molar-refractivity contribution is -0.130. The van der Waals surface area contributed by atoms with Crippen molar-refractivity contribution >= 4 is 21.9 Å². The average Bonchev–Trinajstić information content (AvgIpc) is 2.75. The number of esters is 1. The van der Waals surface area contributed by atoms with E-state index in [1.54, 1.807) is 6.92 Å². The fourth-order valence-electron chi connectivity index (χ4n) is 4.25. The summed E-state index contributed by atoms with van der Waals surface area (Å²) in [6, 6.07) is 5.85. The molecule has 172 valence electrons. The van der Waals surface area contributed by atoms with Crippen LogP contribution >= 0.6 is 0 Å². The highest BCUT2D eigenvalue weighted by molar-refractivity contribution is 7.89. The van der Waals surface area contributed by atoms with Crippen LogP contribution < -0.4 is 5.32 Å². The van der Waals surface area contributed by atoms with Crippen LogP contribution in [-0.4, -0.2) is 49.8 Å². The van der Waals surface area contributed by atoms with Crippen molar-refractivity contribution < 1.29 is 22.7 Å². The van der Waals surface area contributed by atoms with E-state index in [2.05, 4.69) is 19.2 Å². The summed E-state index contributed by atoms with van der Waals surface area (Å²) in [6.07, 6.45) is 5.09. The van der Waals surface area contributed by atoms with Gasteiger partial charge in [0.15, 0.2) is 6.10 Å². The molecule has 1 aliphatic heterocycles. The van der Waals surface area contributed by atoms with Crippen LogP contribution in [0.25, 0.3) is 0 Å². The number of carbonyl (C=O) groups excluding carboxylic acids is 2. The number of carbonyl (C=O) groups is 2. The molecule has 2 aliphatic rings. The zero-order chi connectivity index (χ0) is 22.6. The van der Waals surface area contributed by atoms with Crippen LogP contribution in [0.15, 0.2) is 29.2 Å². The Hall–Kier alpha value is -1.93. The van der Waals surface area contributed by atoms with E-state index in [9.17, 15) is 18.0 Å². The highest BCUT2D eigenvalue weighted by atomic mass is 32.2. The molecule has 0 bridgehead atoms. The number of sulfonamides is 1. The molecular formula is C23H34N2O5S. The first-order valence-corrected chi connectivity index (χ1v) is 12.7. The van der Waals surface area contributed by atoms with E-state index < -0.39 is 22.1 Å². The molecule has 0 unspecified atom stereocenters. The number of hydrogen-bond acceptors (Lipinski definition) is 5. The minimum Gasteiger partial charge on any atom is -0.449 e. The predicted octanol–water partition coefficient (Wildman–Crippen LogP) is 3.35. The van der Waals surface area contributed by atoms with Gasteiger partial charge in [-0.2, -0.15) is 4.31 Å². The third-order valence-electron chi connectivity index (χ3n) is 6.56. The molecule has 3 rings (SSSR count). The van der Waals surface area contributed by atoms with Gasteiger partial charge in [0.05, 0.1) is 10.5 Å². The lowest BCUT2D eigenvalue weighted by Crippen LogP contribution is -2.46. The van der Waals surface area contributed by atoms with Gasteiger partial charge in [-0.25, -0.2) is 13.2 Å². The molecular weight excluding hydrogens is 416 g/mol. The van der Waals surface area contributed by atoms with E-state index in [0.29, 0.717) is 24.9 Å². The molecule has 8 heteroatoms. The number of ether oxygens (including phenoxy) is 1. The highest BCUT2D eigenvalue weighted by Crippen LogP contribution is 2.25. The van der Waals surface area contributed by atoms with Crippen molar-refractivity contribution in [3.8, 4) is 0 Å². The van der Waals surface area contributed by atoms with Crippen molar-refractivity contribution in [1.82, 2.24) is 9.62 Å². The Morgan fingerprint density at radius 3 is 2.26 bits per heavy atom. The van der Waals surface area contributed by atoms with Crippen LogP contribution in [0.5, 0.6) is 0 Å². The molecule has 1 aromatic carbocycles. The van der Waals surface area contributed by atoms with Gasteiger partial charge in [-0.15, -0.1) is 0 Å². The number of amides is 1. The second kappa shape index (κ2) is 10.1. The van der Waals surface area contributed by atoms with Gasteiger partial charge in [0.25, 0.3) is 5.91 Å². The van der Waals surface area contributed by atoms with Crippen molar-refractivity contribution in [3.63, 3.8) is 0 Å². The van der Waals surface area contributed by atoms with Gasteiger partial charge in [-0.05, 0) is 68.7 Å². The van der Waals surface area contributed by atoms with E-state index in [0.717, 1.165) is 32.1 Å². The number of benzene rings is 1. The van der Waals surface area contributed by atoms with E-state index in [1.165, 1.54) is 35.0 Å². The summed E-state index contributed by atoms with van der Waals surface area (Å²) in [7, 11) is -3.57. The monoisotopic (exact) mass is 450 g/mol. The SMILES string of the molecule is CC1CCN(S(=O)(=O)c2ccc(C(=O)O[C@H](C)C(=O)N[C@@H]3CCCC[C@H]3C)cc2)CC1. The summed E-state index contributed by atoms with van der Waals surface area (Å²) in [5.41, 5.74) is 0.219. The van der Waals surface area contributed by atoms with Gasteiger partial charge in [0.1, 0.15) is 0 Å². The fraction of sp³-hybridized carbons (Fsp3) is 0.652. The molecule has 1 N–H and O–H groups in total. The quantitative estimate of drug-likeness (QED) is 0.671. The van der Waals surface area contributed by atoms with Crippen molar-refractivity contribution in [2.24, 2.45) is 11.8 Å². The molecule has 7 nitrogen and oxygen atoms in total. The summed E-state index contributed by atoms with van der Waals surface area (Å²) < 4.78 is 32.4. The van der Waals surface area contributed by atoms with Crippen molar-refractivity contribution in [2.45, 2.75) is 76.3 Å². The Labute approximate surface area is 185 Å². The summed E-state index contributed by atoms with van der Waals surface area (Å²) in [5.74, 6) is 0.00281. The largest absolute Gasteiger partial charge is 0.449 e. The van der Waals surface area contributed by atoms with Crippen LogP contribution in [0.1, 0.15) is 69.7 Å². The molecule has 1 aromatic rings. The Morgan fingerprint density at radius 1 is 1.03 bits per heavy atom. The molecule has 1 saturated carbocycles. The van der Waals surface area contributed by atoms with E-state index in [4.69, 9.17) is 4.74 Å². The molecule has 1 saturated heterocycles. The topological polar surface area (TPSA) is 92.8 Å². The predicted molar refractivity (Wildman–Crippen MR) is 118 cm³/mol. The minimum absolute atomic E-state index is 0.115. The normalized spacial score (nSPS) is 24.4. The van der Waals surface area contributed by atoms with Crippen LogP contribution in [0.3, 0.4) is 0 Å². The van der Waals surface area contributed by atoms with Gasteiger partial charge in [-0.1, -0.05) is 26.7 Å². The maximum Gasteiger partial charge on any atom is 0.338 e. The van der Waals surface area contributed by atoms with Gasteiger partial charge >= 0.3 is 5.97 Å². The Bertz CT molecular complexity index is 876. The molecule has 2 fully saturated rings. The number of rotatable bonds is 6. The van der Waals surface area contributed by atoms with Gasteiger partial charge in [0.2, 0.25) is 10.0 Å². The molecule has 0 spiro atoms. The Balaban J connectivity index is 1.57. The fourth-order valence-corrected chi connectivity index (χ4v) is 5.72. The summed E-state index contributed by atoms with van der Waals surface area (Å²) in [6.45, 7) is 6.83. The van der Waals surface area contributed by atoms with Crippen molar-refractivity contribution in [3.05, 3.63) is 29.8 Å². The first-order valence-electron chi connectivity index (χ1n) is 11.3. The summed E-state index contributed by atoms with van der Waals surface area (Å²) >= 11 is 0. The number of nitrogens with zero attached hydrogens (tertiary/aromatic N) is 1. The lowest BCUT2D eigenvalue weighted by Gasteiger charge is -2.30. The minimum atomic E-state index is -3.57. The third-order valence-corrected chi connectivity index (χ3v) is 8.48. The molecule has 1 amide bonds. The number of nitrogens with one attached hydrogen (secondary N) is 1. The molecule has 1 heterocycles. The lowest BCUT2D eigenvalue weighted by atomic mass is 9.86. The number of piperidine rings is 1. The van der Waals surface area contributed by atoms with Crippen LogP contribution in [-0.2, 0) is 19.6 Å². The van der Waals surface area contributed by atoms with Crippen LogP contribution in [0.4, 0.5) is 0 Å². The molecule has 1 aliphatic carbocycles.